The first kappa shape index (κ1) is 28.0. The predicted molar refractivity (Wildman–Crippen MR) is 142 cm³/mol. The molecule has 0 unspecified atom stereocenters. The third kappa shape index (κ3) is 6.15. The fraction of sp³-hybridized carbons (Fsp3) is 0.321. The largest absolute Gasteiger partial charge is 0.416 e. The standard InChI is InChI=1S/C28H28ClF3N2O3S/c1-2-25(21-13-12-19-8-6-7-9-20(19)16-21)33-27(35)18-34(38(36,37)23-10-4-3-5-11-23)26-17-22(28(30,31)32)14-15-24(26)29/h3-5,10-17,25H,2,6-9,18H2,1H3,(H,33,35)/t25-/m1/s1. The number of benzene rings is 3. The van der Waals surface area contributed by atoms with Crippen LogP contribution >= 0.6 is 11.6 Å². The Morgan fingerprint density at radius 1 is 1.00 bits per heavy atom. The van der Waals surface area contributed by atoms with E-state index >= 15 is 0 Å². The molecule has 0 heterocycles. The van der Waals surface area contributed by atoms with E-state index in [-0.39, 0.29) is 9.92 Å². The molecule has 1 amide bonds. The van der Waals surface area contributed by atoms with Gasteiger partial charge in [-0.2, -0.15) is 13.2 Å². The van der Waals surface area contributed by atoms with E-state index in [2.05, 4.69) is 17.4 Å². The number of hydrogen-bond donors (Lipinski definition) is 1. The lowest BCUT2D eigenvalue weighted by Crippen LogP contribution is -2.42. The number of sulfonamides is 1. The van der Waals surface area contributed by atoms with Gasteiger partial charge in [-0.3, -0.25) is 9.10 Å². The van der Waals surface area contributed by atoms with E-state index in [1.165, 1.54) is 35.4 Å². The molecule has 3 aromatic rings. The Bertz CT molecular complexity index is 1410. The first-order chi connectivity index (χ1) is 18.0. The van der Waals surface area contributed by atoms with Gasteiger partial charge in [0.25, 0.3) is 10.0 Å². The molecule has 1 aliphatic carbocycles. The van der Waals surface area contributed by atoms with Crippen LogP contribution in [0.5, 0.6) is 0 Å². The first-order valence-electron chi connectivity index (χ1n) is 12.4. The smallest absolute Gasteiger partial charge is 0.348 e. The van der Waals surface area contributed by atoms with Crippen molar-refractivity contribution in [2.45, 2.75) is 56.1 Å². The molecule has 1 N–H and O–H groups in total. The number of carbonyl (C=O) groups excluding carboxylic acids is 1. The minimum absolute atomic E-state index is 0.178. The number of carbonyl (C=O) groups is 1. The lowest BCUT2D eigenvalue weighted by Gasteiger charge is -2.27. The second-order valence-electron chi connectivity index (χ2n) is 9.25. The lowest BCUT2D eigenvalue weighted by molar-refractivity contribution is -0.137. The van der Waals surface area contributed by atoms with Gasteiger partial charge in [0, 0.05) is 0 Å². The van der Waals surface area contributed by atoms with Crippen LogP contribution in [-0.2, 0) is 33.8 Å². The topological polar surface area (TPSA) is 66.5 Å². The molecule has 1 aliphatic rings. The molecule has 0 aliphatic heterocycles. The minimum atomic E-state index is -4.73. The van der Waals surface area contributed by atoms with Crippen molar-refractivity contribution in [1.29, 1.82) is 0 Å². The van der Waals surface area contributed by atoms with Crippen molar-refractivity contribution < 1.29 is 26.4 Å². The third-order valence-corrected chi connectivity index (χ3v) is 8.77. The summed E-state index contributed by atoms with van der Waals surface area (Å²) in [6.07, 6.45) is 0.0328. The Morgan fingerprint density at radius 3 is 2.34 bits per heavy atom. The Morgan fingerprint density at radius 2 is 1.68 bits per heavy atom. The molecule has 5 nitrogen and oxygen atoms in total. The molecule has 10 heteroatoms. The molecule has 0 saturated heterocycles. The van der Waals surface area contributed by atoms with Crippen molar-refractivity contribution in [3.05, 3.63) is 94.0 Å². The van der Waals surface area contributed by atoms with Crippen LogP contribution in [0.4, 0.5) is 18.9 Å². The average molecular weight is 565 g/mol. The quantitative estimate of drug-likeness (QED) is 0.331. The highest BCUT2D eigenvalue weighted by Crippen LogP contribution is 2.37. The zero-order valence-corrected chi connectivity index (χ0v) is 22.3. The molecule has 38 heavy (non-hydrogen) atoms. The minimum Gasteiger partial charge on any atom is -0.348 e. The van der Waals surface area contributed by atoms with Crippen LogP contribution in [0.2, 0.25) is 5.02 Å². The summed E-state index contributed by atoms with van der Waals surface area (Å²) in [6, 6.07) is 15.3. The molecular formula is C28H28ClF3N2O3S. The van der Waals surface area contributed by atoms with Crippen LogP contribution in [0.15, 0.2) is 71.6 Å². The van der Waals surface area contributed by atoms with Gasteiger partial charge in [0.1, 0.15) is 6.54 Å². The van der Waals surface area contributed by atoms with Crippen molar-refractivity contribution in [3.63, 3.8) is 0 Å². The van der Waals surface area contributed by atoms with Gasteiger partial charge in [0.15, 0.2) is 0 Å². The number of nitrogens with one attached hydrogen (secondary N) is 1. The highest BCUT2D eigenvalue weighted by Gasteiger charge is 2.34. The van der Waals surface area contributed by atoms with Crippen LogP contribution in [0.3, 0.4) is 0 Å². The van der Waals surface area contributed by atoms with Crippen LogP contribution in [0, 0.1) is 0 Å². The number of halogens is 4. The molecule has 0 aromatic heterocycles. The number of nitrogens with zero attached hydrogens (tertiary/aromatic N) is 1. The molecule has 0 fully saturated rings. The van der Waals surface area contributed by atoms with Gasteiger partial charge in [0.2, 0.25) is 5.91 Å². The van der Waals surface area contributed by atoms with Crippen LogP contribution in [0.1, 0.15) is 54.5 Å². The highest BCUT2D eigenvalue weighted by molar-refractivity contribution is 7.92. The zero-order chi connectivity index (χ0) is 27.5. The molecular weight excluding hydrogens is 537 g/mol. The zero-order valence-electron chi connectivity index (χ0n) is 20.8. The highest BCUT2D eigenvalue weighted by atomic mass is 35.5. The van der Waals surface area contributed by atoms with E-state index < -0.39 is 45.9 Å². The van der Waals surface area contributed by atoms with Gasteiger partial charge >= 0.3 is 6.18 Å². The maximum Gasteiger partial charge on any atom is 0.416 e. The molecule has 1 atom stereocenters. The van der Waals surface area contributed by atoms with E-state index in [0.29, 0.717) is 16.8 Å². The van der Waals surface area contributed by atoms with Crippen LogP contribution < -0.4 is 9.62 Å². The van der Waals surface area contributed by atoms with Crippen molar-refractivity contribution in [2.24, 2.45) is 0 Å². The summed E-state index contributed by atoms with van der Waals surface area (Å²) in [5.41, 5.74) is 1.93. The van der Waals surface area contributed by atoms with Gasteiger partial charge < -0.3 is 5.32 Å². The predicted octanol–water partition coefficient (Wildman–Crippen LogP) is 6.70. The summed E-state index contributed by atoms with van der Waals surface area (Å²) in [5, 5.41) is 2.64. The second kappa shape index (κ2) is 11.4. The third-order valence-electron chi connectivity index (χ3n) is 6.68. The summed E-state index contributed by atoms with van der Waals surface area (Å²) in [4.78, 5) is 13.1. The lowest BCUT2D eigenvalue weighted by atomic mass is 9.89. The van der Waals surface area contributed by atoms with Crippen molar-refractivity contribution >= 4 is 33.2 Å². The normalized spacial score (nSPS) is 14.4. The summed E-state index contributed by atoms with van der Waals surface area (Å²) in [7, 11) is -4.43. The van der Waals surface area contributed by atoms with Crippen molar-refractivity contribution in [2.75, 3.05) is 10.8 Å². The number of fused-ring (bicyclic) bond motifs is 1. The van der Waals surface area contributed by atoms with Gasteiger partial charge in [0.05, 0.1) is 27.2 Å². The van der Waals surface area contributed by atoms with Gasteiger partial charge in [-0.05, 0) is 79.1 Å². The Balaban J connectivity index is 1.67. The summed E-state index contributed by atoms with van der Waals surface area (Å²) in [5.74, 6) is -0.664. The molecule has 0 saturated carbocycles. The Hall–Kier alpha value is -3.04. The molecule has 4 rings (SSSR count). The van der Waals surface area contributed by atoms with E-state index in [1.807, 2.05) is 13.0 Å². The SMILES string of the molecule is CC[C@@H](NC(=O)CN(c1cc(C(F)(F)F)ccc1Cl)S(=O)(=O)c1ccccc1)c1ccc2c(c1)CCCC2. The van der Waals surface area contributed by atoms with Crippen LogP contribution in [0.25, 0.3) is 0 Å². The number of amides is 1. The number of rotatable bonds is 8. The molecule has 0 radical (unpaired) electrons. The van der Waals surface area contributed by atoms with E-state index in [1.54, 1.807) is 6.07 Å². The molecule has 0 spiro atoms. The van der Waals surface area contributed by atoms with Gasteiger partial charge in [-0.25, -0.2) is 8.42 Å². The van der Waals surface area contributed by atoms with Crippen molar-refractivity contribution in [3.8, 4) is 0 Å². The average Bonchev–Trinajstić information content (AvgIpc) is 2.90. The van der Waals surface area contributed by atoms with E-state index in [0.717, 1.165) is 43.4 Å². The van der Waals surface area contributed by atoms with Gasteiger partial charge in [-0.15, -0.1) is 0 Å². The van der Waals surface area contributed by atoms with Crippen molar-refractivity contribution in [1.82, 2.24) is 5.32 Å². The first-order valence-corrected chi connectivity index (χ1v) is 14.2. The molecule has 0 bridgehead atoms. The van der Waals surface area contributed by atoms with E-state index in [4.69, 9.17) is 11.6 Å². The fourth-order valence-electron chi connectivity index (χ4n) is 4.66. The fourth-order valence-corrected chi connectivity index (χ4v) is 6.38. The summed E-state index contributed by atoms with van der Waals surface area (Å²) >= 11 is 6.21. The summed E-state index contributed by atoms with van der Waals surface area (Å²) in [6.45, 7) is 1.15. The summed E-state index contributed by atoms with van der Waals surface area (Å²) < 4.78 is 68.2. The molecule has 202 valence electrons. The number of aryl methyl sites for hydroxylation is 2. The van der Waals surface area contributed by atoms with E-state index in [9.17, 15) is 26.4 Å². The number of hydrogen-bond acceptors (Lipinski definition) is 3. The maximum absolute atomic E-state index is 13.6. The Labute approximate surface area is 225 Å². The second-order valence-corrected chi connectivity index (χ2v) is 11.5. The Kier molecular flexibility index (Phi) is 8.37. The van der Waals surface area contributed by atoms with Gasteiger partial charge in [-0.1, -0.05) is 54.9 Å². The maximum atomic E-state index is 13.6. The molecule has 3 aromatic carbocycles. The number of anilines is 1. The number of alkyl halides is 3. The van der Waals surface area contributed by atoms with Crippen LogP contribution in [-0.4, -0.2) is 20.9 Å². The monoisotopic (exact) mass is 564 g/mol.